The largest absolute Gasteiger partial charge is 0.388 e. The molecule has 98 valence electrons. The number of amides is 1. The minimum Gasteiger partial charge on any atom is -0.388 e. The van der Waals surface area contributed by atoms with Crippen LogP contribution in [0.3, 0.4) is 0 Å². The number of carbonyl (C=O) groups is 1. The number of pyridine rings is 1. The fourth-order valence-electron chi connectivity index (χ4n) is 1.62. The highest BCUT2D eigenvalue weighted by Crippen LogP contribution is 2.20. The zero-order chi connectivity index (χ0) is 13.7. The Balaban J connectivity index is 2.04. The first-order valence-corrected chi connectivity index (χ1v) is 6.24. The number of carbonyl (C=O) groups excluding carboxylic acids is 1. The molecule has 0 aliphatic rings. The van der Waals surface area contributed by atoms with Gasteiger partial charge in [0, 0.05) is 18.9 Å². The molecule has 5 heteroatoms. The molecule has 0 aliphatic carbocycles. The molecule has 2 rings (SSSR count). The molecule has 19 heavy (non-hydrogen) atoms. The minimum absolute atomic E-state index is 0.210. The second-order valence-electron chi connectivity index (χ2n) is 3.95. The van der Waals surface area contributed by atoms with E-state index in [9.17, 15) is 4.79 Å². The number of hydrogen-bond donors (Lipinski definition) is 2. The number of hydrogen-bond acceptors (Lipinski definition) is 3. The van der Waals surface area contributed by atoms with Gasteiger partial charge in [-0.3, -0.25) is 9.78 Å². The first kappa shape index (κ1) is 13.4. The predicted molar refractivity (Wildman–Crippen MR) is 76.4 cm³/mol. The van der Waals surface area contributed by atoms with Crippen LogP contribution in [0.2, 0.25) is 5.02 Å². The molecular formula is C14H14ClN3O. The molecule has 2 aromatic rings. The quantitative estimate of drug-likeness (QED) is 0.902. The summed E-state index contributed by atoms with van der Waals surface area (Å²) in [6.07, 6.45) is 1.69. The van der Waals surface area contributed by atoms with Crippen molar-refractivity contribution < 1.29 is 4.79 Å². The number of nitrogens with zero attached hydrogens (tertiary/aromatic N) is 1. The molecule has 1 amide bonds. The smallest absolute Gasteiger partial charge is 0.253 e. The van der Waals surface area contributed by atoms with E-state index in [4.69, 9.17) is 11.6 Å². The van der Waals surface area contributed by atoms with Crippen LogP contribution in [0.25, 0.3) is 0 Å². The zero-order valence-corrected chi connectivity index (χ0v) is 11.2. The lowest BCUT2D eigenvalue weighted by Crippen LogP contribution is -2.23. The van der Waals surface area contributed by atoms with Crippen molar-refractivity contribution in [1.82, 2.24) is 10.3 Å². The van der Waals surface area contributed by atoms with Gasteiger partial charge < -0.3 is 10.6 Å². The van der Waals surface area contributed by atoms with Gasteiger partial charge in [-0.05, 0) is 30.3 Å². The number of anilines is 1. The molecule has 1 aromatic carbocycles. The highest BCUT2D eigenvalue weighted by Gasteiger charge is 2.10. The molecule has 0 unspecified atom stereocenters. The molecule has 0 spiro atoms. The van der Waals surface area contributed by atoms with E-state index in [0.717, 1.165) is 11.4 Å². The van der Waals surface area contributed by atoms with Gasteiger partial charge >= 0.3 is 0 Å². The van der Waals surface area contributed by atoms with Crippen LogP contribution in [-0.2, 0) is 6.54 Å². The fraction of sp³-hybridized carbons (Fsp3) is 0.143. The van der Waals surface area contributed by atoms with Crippen LogP contribution < -0.4 is 10.6 Å². The lowest BCUT2D eigenvalue weighted by atomic mass is 10.2. The maximum absolute atomic E-state index is 12.0. The normalized spacial score (nSPS) is 10.0. The lowest BCUT2D eigenvalue weighted by Gasteiger charge is -2.08. The predicted octanol–water partition coefficient (Wildman–Crippen LogP) is 2.71. The van der Waals surface area contributed by atoms with E-state index in [1.54, 1.807) is 25.4 Å². The van der Waals surface area contributed by atoms with E-state index >= 15 is 0 Å². The van der Waals surface area contributed by atoms with Gasteiger partial charge in [0.15, 0.2) is 0 Å². The van der Waals surface area contributed by atoms with Gasteiger partial charge in [-0.1, -0.05) is 17.7 Å². The summed E-state index contributed by atoms with van der Waals surface area (Å²) in [5.74, 6) is -0.210. The van der Waals surface area contributed by atoms with E-state index in [1.807, 2.05) is 24.3 Å². The molecule has 2 N–H and O–H groups in total. The monoisotopic (exact) mass is 275 g/mol. The van der Waals surface area contributed by atoms with Gasteiger partial charge in [0.05, 0.1) is 22.8 Å². The summed E-state index contributed by atoms with van der Waals surface area (Å²) in [6.45, 7) is 0.379. The summed E-state index contributed by atoms with van der Waals surface area (Å²) < 4.78 is 0. The third-order valence-electron chi connectivity index (χ3n) is 2.66. The topological polar surface area (TPSA) is 54.0 Å². The van der Waals surface area contributed by atoms with Crippen molar-refractivity contribution in [2.45, 2.75) is 6.54 Å². The van der Waals surface area contributed by atoms with Crippen molar-refractivity contribution in [1.29, 1.82) is 0 Å². The maximum Gasteiger partial charge on any atom is 0.253 e. The molecule has 1 aromatic heterocycles. The molecule has 0 bridgehead atoms. The molecule has 0 saturated carbocycles. The summed E-state index contributed by atoms with van der Waals surface area (Å²) >= 11 is 6.07. The lowest BCUT2D eigenvalue weighted by molar-refractivity contribution is 0.0950. The summed E-state index contributed by atoms with van der Waals surface area (Å²) in [4.78, 5) is 16.1. The highest BCUT2D eigenvalue weighted by molar-refractivity contribution is 6.34. The molecular weight excluding hydrogens is 262 g/mol. The Morgan fingerprint density at radius 1 is 1.32 bits per heavy atom. The number of halogens is 1. The number of aromatic nitrogens is 1. The third-order valence-corrected chi connectivity index (χ3v) is 2.97. The molecule has 4 nitrogen and oxygen atoms in total. The Morgan fingerprint density at radius 2 is 2.16 bits per heavy atom. The van der Waals surface area contributed by atoms with Gasteiger partial charge in [0.1, 0.15) is 0 Å². The van der Waals surface area contributed by atoms with Crippen molar-refractivity contribution in [3.63, 3.8) is 0 Å². The highest BCUT2D eigenvalue weighted by atomic mass is 35.5. The van der Waals surface area contributed by atoms with Crippen LogP contribution in [0.15, 0.2) is 42.6 Å². The van der Waals surface area contributed by atoms with Crippen molar-refractivity contribution >= 4 is 23.2 Å². The van der Waals surface area contributed by atoms with Crippen LogP contribution in [0.5, 0.6) is 0 Å². The van der Waals surface area contributed by atoms with Gasteiger partial charge in [-0.2, -0.15) is 0 Å². The second-order valence-corrected chi connectivity index (χ2v) is 4.36. The molecule has 0 atom stereocenters. The average molecular weight is 276 g/mol. The average Bonchev–Trinajstić information content (AvgIpc) is 2.45. The number of benzene rings is 1. The van der Waals surface area contributed by atoms with E-state index in [0.29, 0.717) is 17.1 Å². The van der Waals surface area contributed by atoms with Gasteiger partial charge in [-0.15, -0.1) is 0 Å². The van der Waals surface area contributed by atoms with Gasteiger partial charge in [0.2, 0.25) is 0 Å². The van der Waals surface area contributed by atoms with E-state index in [-0.39, 0.29) is 5.91 Å². The molecule has 0 fully saturated rings. The summed E-state index contributed by atoms with van der Waals surface area (Å²) in [5.41, 5.74) is 2.13. The van der Waals surface area contributed by atoms with E-state index in [1.165, 1.54) is 0 Å². The Hall–Kier alpha value is -2.07. The van der Waals surface area contributed by atoms with Crippen LogP contribution in [0.1, 0.15) is 16.1 Å². The third kappa shape index (κ3) is 3.45. The van der Waals surface area contributed by atoms with Gasteiger partial charge in [0.25, 0.3) is 5.91 Å². The Kier molecular flexibility index (Phi) is 4.36. The van der Waals surface area contributed by atoms with Crippen LogP contribution in [-0.4, -0.2) is 17.9 Å². The Labute approximate surface area is 116 Å². The van der Waals surface area contributed by atoms with Crippen molar-refractivity contribution in [2.24, 2.45) is 0 Å². The second kappa shape index (κ2) is 6.20. The zero-order valence-electron chi connectivity index (χ0n) is 10.5. The molecule has 0 aliphatic heterocycles. The van der Waals surface area contributed by atoms with Gasteiger partial charge in [-0.25, -0.2) is 0 Å². The van der Waals surface area contributed by atoms with Crippen LogP contribution in [0.4, 0.5) is 5.69 Å². The number of nitrogens with one attached hydrogen (secondary N) is 2. The first-order valence-electron chi connectivity index (χ1n) is 5.86. The number of rotatable bonds is 4. The first-order chi connectivity index (χ1) is 9.20. The summed E-state index contributed by atoms with van der Waals surface area (Å²) in [6, 6.07) is 10.8. The maximum atomic E-state index is 12.0. The van der Waals surface area contributed by atoms with E-state index < -0.39 is 0 Å². The van der Waals surface area contributed by atoms with E-state index in [2.05, 4.69) is 15.6 Å². The Morgan fingerprint density at radius 3 is 2.79 bits per heavy atom. The van der Waals surface area contributed by atoms with Crippen LogP contribution >= 0.6 is 11.6 Å². The standard InChI is InChI=1S/C14H14ClN3O/c1-16-10-5-6-12(13(15)8-10)14(19)18-9-11-4-2-3-7-17-11/h2-8,16H,9H2,1H3,(H,18,19). The van der Waals surface area contributed by atoms with Crippen LogP contribution in [0, 0.1) is 0 Å². The molecule has 0 saturated heterocycles. The Bertz CT molecular complexity index is 572. The summed E-state index contributed by atoms with van der Waals surface area (Å²) in [7, 11) is 1.80. The SMILES string of the molecule is CNc1ccc(C(=O)NCc2ccccn2)c(Cl)c1. The molecule has 1 heterocycles. The van der Waals surface area contributed by atoms with Crippen molar-refractivity contribution in [3.8, 4) is 0 Å². The minimum atomic E-state index is -0.210. The summed E-state index contributed by atoms with van der Waals surface area (Å²) in [5, 5.41) is 6.17. The van der Waals surface area contributed by atoms with Crippen molar-refractivity contribution in [2.75, 3.05) is 12.4 Å². The fourth-order valence-corrected chi connectivity index (χ4v) is 1.89. The van der Waals surface area contributed by atoms with Crippen molar-refractivity contribution in [3.05, 3.63) is 58.9 Å². The molecule has 0 radical (unpaired) electrons.